The molecule has 0 fully saturated rings. The summed E-state index contributed by atoms with van der Waals surface area (Å²) in [7, 11) is 3.02. The summed E-state index contributed by atoms with van der Waals surface area (Å²) >= 11 is 0. The first-order chi connectivity index (χ1) is 10.4. The third kappa shape index (κ3) is 3.84. The highest BCUT2D eigenvalue weighted by Gasteiger charge is 2.26. The van der Waals surface area contributed by atoms with Gasteiger partial charge in [0, 0.05) is 6.20 Å². The zero-order valence-corrected chi connectivity index (χ0v) is 12.1. The molecule has 1 heterocycles. The van der Waals surface area contributed by atoms with Crippen LogP contribution in [0, 0.1) is 0 Å². The normalized spacial score (nSPS) is 11.1. The number of aromatic nitrogens is 1. The van der Waals surface area contributed by atoms with E-state index in [9.17, 15) is 12.9 Å². The van der Waals surface area contributed by atoms with Crippen molar-refractivity contribution in [2.24, 2.45) is 0 Å². The van der Waals surface area contributed by atoms with Crippen LogP contribution in [0.15, 0.2) is 36.7 Å². The molecule has 118 valence electrons. The number of methoxy groups -OCH3 is 2. The molecule has 0 aliphatic carbocycles. The van der Waals surface area contributed by atoms with Crippen molar-refractivity contribution in [1.29, 1.82) is 0 Å². The van der Waals surface area contributed by atoms with Gasteiger partial charge in [-0.15, -0.1) is 0 Å². The Morgan fingerprint density at radius 2 is 1.73 bits per heavy atom. The third-order valence-electron chi connectivity index (χ3n) is 2.97. The zero-order valence-electron chi connectivity index (χ0n) is 12.1. The van der Waals surface area contributed by atoms with Crippen LogP contribution in [0.2, 0.25) is 0 Å². The molecule has 2 rings (SSSR count). The van der Waals surface area contributed by atoms with Crippen molar-refractivity contribution in [3.63, 3.8) is 0 Å². The van der Waals surface area contributed by atoms with E-state index in [0.717, 1.165) is 17.8 Å². The molecule has 0 saturated carbocycles. The Labute approximate surface area is 125 Å². The van der Waals surface area contributed by atoms with Crippen LogP contribution in [-0.2, 0) is 6.61 Å². The predicted molar refractivity (Wildman–Crippen MR) is 76.8 cm³/mol. The van der Waals surface area contributed by atoms with E-state index < -0.39 is 12.4 Å². The molecule has 0 unspecified atom stereocenters. The first-order valence-corrected chi connectivity index (χ1v) is 6.42. The molecule has 1 aromatic heterocycles. The molecule has 1 aromatic carbocycles. The van der Waals surface area contributed by atoms with Gasteiger partial charge >= 0.3 is 6.98 Å². The highest BCUT2D eigenvalue weighted by Crippen LogP contribution is 2.28. The van der Waals surface area contributed by atoms with Gasteiger partial charge in [-0.3, -0.25) is 4.98 Å². The molecule has 4 nitrogen and oxygen atoms in total. The van der Waals surface area contributed by atoms with Crippen LogP contribution in [0.4, 0.5) is 12.9 Å². The molecule has 0 amide bonds. The van der Waals surface area contributed by atoms with E-state index in [-0.39, 0.29) is 12.4 Å². The highest BCUT2D eigenvalue weighted by molar-refractivity contribution is 6.73. The molecule has 0 bridgehead atoms. The largest absolute Gasteiger partial charge is 0.511 e. The lowest BCUT2D eigenvalue weighted by atomic mass is 9.81. The molecule has 0 atom stereocenters. The lowest BCUT2D eigenvalue weighted by molar-refractivity contribution is 0.302. The van der Waals surface area contributed by atoms with E-state index in [1.807, 2.05) is 0 Å². The van der Waals surface area contributed by atoms with E-state index in [1.54, 1.807) is 18.2 Å². The highest BCUT2D eigenvalue weighted by atomic mass is 19.4. The fourth-order valence-electron chi connectivity index (χ4n) is 1.83. The van der Waals surface area contributed by atoms with Gasteiger partial charge in [-0.1, -0.05) is 11.5 Å². The standard InChI is InChI=1S/C14H14BF3NO3/c1-20-13-4-3-10(5-14(13)21-2)9-22-12-6-11(7-19-8-12)15(16,17)18/h3-8H,9H2,1-2H3/q-1. The summed E-state index contributed by atoms with van der Waals surface area (Å²) in [6, 6.07) is 6.08. The summed E-state index contributed by atoms with van der Waals surface area (Å²) in [5, 5.41) is 0. The average Bonchev–Trinajstić information content (AvgIpc) is 2.52. The van der Waals surface area contributed by atoms with Crippen LogP contribution in [0.3, 0.4) is 0 Å². The topological polar surface area (TPSA) is 40.6 Å². The minimum absolute atomic E-state index is 0.0616. The van der Waals surface area contributed by atoms with Crippen molar-refractivity contribution in [2.45, 2.75) is 6.61 Å². The number of hydrogen-bond donors (Lipinski definition) is 0. The first-order valence-electron chi connectivity index (χ1n) is 6.42. The summed E-state index contributed by atoms with van der Waals surface area (Å²) in [4.78, 5) is 3.55. The molecule has 0 N–H and O–H groups in total. The minimum atomic E-state index is -5.09. The molecule has 0 aliphatic rings. The summed E-state index contributed by atoms with van der Waals surface area (Å²) in [6.45, 7) is -5.00. The van der Waals surface area contributed by atoms with Crippen molar-refractivity contribution in [1.82, 2.24) is 4.98 Å². The van der Waals surface area contributed by atoms with Crippen LogP contribution in [0.1, 0.15) is 5.56 Å². The lowest BCUT2D eigenvalue weighted by Crippen LogP contribution is -2.34. The zero-order chi connectivity index (χ0) is 16.2. The van der Waals surface area contributed by atoms with Gasteiger partial charge in [-0.05, 0) is 23.8 Å². The number of pyridine rings is 1. The molecule has 0 aliphatic heterocycles. The maximum absolute atomic E-state index is 12.6. The average molecular weight is 312 g/mol. The number of nitrogens with zero attached hydrogens (tertiary/aromatic N) is 1. The molecular weight excluding hydrogens is 298 g/mol. The summed E-state index contributed by atoms with van der Waals surface area (Å²) in [6.07, 6.45) is 2.02. The minimum Gasteiger partial charge on any atom is -0.493 e. The lowest BCUT2D eigenvalue weighted by Gasteiger charge is -2.15. The van der Waals surface area contributed by atoms with E-state index in [4.69, 9.17) is 14.2 Å². The van der Waals surface area contributed by atoms with Crippen molar-refractivity contribution in [3.05, 3.63) is 42.2 Å². The van der Waals surface area contributed by atoms with Gasteiger partial charge in [0.2, 0.25) is 0 Å². The molecule has 0 spiro atoms. The maximum Gasteiger partial charge on any atom is 0.511 e. The van der Waals surface area contributed by atoms with Crippen LogP contribution >= 0.6 is 0 Å². The second kappa shape index (κ2) is 6.59. The molecular formula is C14H14BF3NO3-. The van der Waals surface area contributed by atoms with Gasteiger partial charge < -0.3 is 27.2 Å². The Morgan fingerprint density at radius 1 is 1.00 bits per heavy atom. The number of hydrogen-bond acceptors (Lipinski definition) is 4. The Balaban J connectivity index is 2.10. The van der Waals surface area contributed by atoms with Crippen LogP contribution in [0.25, 0.3) is 0 Å². The van der Waals surface area contributed by atoms with Gasteiger partial charge in [0.1, 0.15) is 12.4 Å². The maximum atomic E-state index is 12.6. The molecule has 0 radical (unpaired) electrons. The Bertz CT molecular complexity index is 649. The van der Waals surface area contributed by atoms with Gasteiger partial charge in [0.25, 0.3) is 0 Å². The first kappa shape index (κ1) is 16.0. The smallest absolute Gasteiger partial charge is 0.493 e. The SMILES string of the molecule is COc1ccc(COc2cncc([B-](F)(F)F)c2)cc1OC. The van der Waals surface area contributed by atoms with E-state index in [2.05, 4.69) is 4.98 Å². The fraction of sp³-hybridized carbons (Fsp3) is 0.214. The summed E-state index contributed by atoms with van der Waals surface area (Å²) < 4.78 is 53.6. The number of rotatable bonds is 6. The van der Waals surface area contributed by atoms with Crippen LogP contribution < -0.4 is 19.7 Å². The quantitative estimate of drug-likeness (QED) is 0.769. The third-order valence-corrected chi connectivity index (χ3v) is 2.97. The second-order valence-electron chi connectivity index (χ2n) is 4.51. The van der Waals surface area contributed by atoms with Gasteiger partial charge in [-0.2, -0.15) is 0 Å². The van der Waals surface area contributed by atoms with Crippen LogP contribution in [-0.4, -0.2) is 26.2 Å². The predicted octanol–water partition coefficient (Wildman–Crippen LogP) is 2.73. The van der Waals surface area contributed by atoms with Crippen LogP contribution in [0.5, 0.6) is 17.2 Å². The Kier molecular flexibility index (Phi) is 4.80. The summed E-state index contributed by atoms with van der Waals surface area (Å²) in [5.74, 6) is 1.15. The summed E-state index contributed by atoms with van der Waals surface area (Å²) in [5.41, 5.74) is -0.0506. The number of benzene rings is 1. The number of ether oxygens (including phenoxy) is 3. The van der Waals surface area contributed by atoms with Gasteiger partial charge in [0.05, 0.1) is 20.4 Å². The Hall–Kier alpha value is -2.38. The van der Waals surface area contributed by atoms with Gasteiger partial charge in [-0.25, -0.2) is 0 Å². The molecule has 22 heavy (non-hydrogen) atoms. The molecule has 0 saturated heterocycles. The Morgan fingerprint density at radius 3 is 2.36 bits per heavy atom. The van der Waals surface area contributed by atoms with E-state index >= 15 is 0 Å². The van der Waals surface area contributed by atoms with Gasteiger partial charge in [0.15, 0.2) is 11.5 Å². The van der Waals surface area contributed by atoms with Crippen molar-refractivity contribution in [3.8, 4) is 17.2 Å². The monoisotopic (exact) mass is 312 g/mol. The number of halogens is 3. The fourth-order valence-corrected chi connectivity index (χ4v) is 1.83. The van der Waals surface area contributed by atoms with Crippen molar-refractivity contribution >= 4 is 12.4 Å². The van der Waals surface area contributed by atoms with Crippen molar-refractivity contribution < 1.29 is 27.2 Å². The van der Waals surface area contributed by atoms with E-state index in [1.165, 1.54) is 20.4 Å². The second-order valence-corrected chi connectivity index (χ2v) is 4.51. The van der Waals surface area contributed by atoms with E-state index in [0.29, 0.717) is 11.5 Å². The molecule has 2 aromatic rings. The molecule has 8 heteroatoms. The van der Waals surface area contributed by atoms with Crippen molar-refractivity contribution in [2.75, 3.05) is 14.2 Å².